The van der Waals surface area contributed by atoms with Crippen molar-refractivity contribution >= 4 is 27.5 Å². The molecule has 0 radical (unpaired) electrons. The standard InChI is InChI=1S/C13H20N2O2S2/c1-12-2-4-13(5-3-12)14-19(16,17)11-8-15-6-9-18-10-7-15/h2-5,14H,6-11H2,1H3. The van der Waals surface area contributed by atoms with Gasteiger partial charge in [0.25, 0.3) is 0 Å². The van der Waals surface area contributed by atoms with Gasteiger partial charge < -0.3 is 4.90 Å². The summed E-state index contributed by atoms with van der Waals surface area (Å²) in [5.74, 6) is 2.36. The van der Waals surface area contributed by atoms with Crippen molar-refractivity contribution in [3.8, 4) is 0 Å². The number of rotatable bonds is 5. The van der Waals surface area contributed by atoms with Crippen molar-refractivity contribution in [1.82, 2.24) is 4.90 Å². The van der Waals surface area contributed by atoms with E-state index in [2.05, 4.69) is 9.62 Å². The number of thioether (sulfide) groups is 1. The fourth-order valence-electron chi connectivity index (χ4n) is 1.93. The molecule has 1 saturated heterocycles. The Kier molecular flexibility index (Phi) is 5.13. The van der Waals surface area contributed by atoms with Crippen LogP contribution in [0.1, 0.15) is 5.56 Å². The van der Waals surface area contributed by atoms with E-state index in [4.69, 9.17) is 0 Å². The van der Waals surface area contributed by atoms with Crippen LogP contribution >= 0.6 is 11.8 Å². The molecule has 1 aliphatic heterocycles. The Labute approximate surface area is 119 Å². The molecule has 0 aliphatic carbocycles. The fourth-order valence-corrected chi connectivity index (χ4v) is 4.00. The molecule has 0 amide bonds. The Morgan fingerprint density at radius 3 is 2.47 bits per heavy atom. The van der Waals surface area contributed by atoms with Gasteiger partial charge in [-0.25, -0.2) is 8.42 Å². The van der Waals surface area contributed by atoms with Gasteiger partial charge in [0.05, 0.1) is 5.75 Å². The van der Waals surface area contributed by atoms with E-state index in [-0.39, 0.29) is 5.75 Å². The first-order valence-corrected chi connectivity index (χ1v) is 9.23. The molecule has 1 heterocycles. The van der Waals surface area contributed by atoms with Gasteiger partial charge in [-0.3, -0.25) is 4.72 Å². The Morgan fingerprint density at radius 1 is 1.21 bits per heavy atom. The first-order chi connectivity index (χ1) is 9.05. The third kappa shape index (κ3) is 5.04. The summed E-state index contributed by atoms with van der Waals surface area (Å²) in [6.07, 6.45) is 0. The number of sulfonamides is 1. The minimum absolute atomic E-state index is 0.158. The highest BCUT2D eigenvalue weighted by atomic mass is 32.2. The summed E-state index contributed by atoms with van der Waals surface area (Å²) in [7, 11) is -3.25. The predicted octanol–water partition coefficient (Wildman–Crippen LogP) is 1.79. The highest BCUT2D eigenvalue weighted by Crippen LogP contribution is 2.12. The summed E-state index contributed by atoms with van der Waals surface area (Å²) >= 11 is 1.93. The lowest BCUT2D eigenvalue weighted by molar-refractivity contribution is 0.320. The molecular formula is C13H20N2O2S2. The summed E-state index contributed by atoms with van der Waals surface area (Å²) in [6, 6.07) is 7.40. The van der Waals surface area contributed by atoms with E-state index in [1.807, 2.05) is 30.8 Å². The van der Waals surface area contributed by atoms with Crippen LogP contribution in [0.3, 0.4) is 0 Å². The molecule has 1 aliphatic rings. The SMILES string of the molecule is Cc1ccc(NS(=O)(=O)CCN2CCSCC2)cc1. The van der Waals surface area contributed by atoms with Crippen molar-refractivity contribution in [2.75, 3.05) is 41.6 Å². The van der Waals surface area contributed by atoms with E-state index in [0.29, 0.717) is 12.2 Å². The smallest absolute Gasteiger partial charge is 0.233 e. The number of nitrogens with zero attached hydrogens (tertiary/aromatic N) is 1. The number of anilines is 1. The summed E-state index contributed by atoms with van der Waals surface area (Å²) in [5.41, 5.74) is 1.76. The molecule has 1 N–H and O–H groups in total. The monoisotopic (exact) mass is 300 g/mol. The molecule has 6 heteroatoms. The normalized spacial score (nSPS) is 17.3. The van der Waals surface area contributed by atoms with Gasteiger partial charge in [0, 0.05) is 36.8 Å². The van der Waals surface area contributed by atoms with Crippen LogP contribution in [-0.4, -0.2) is 50.2 Å². The molecule has 0 atom stereocenters. The maximum absolute atomic E-state index is 12.0. The number of aryl methyl sites for hydroxylation is 1. The summed E-state index contributed by atoms with van der Waals surface area (Å²) in [4.78, 5) is 2.21. The largest absolute Gasteiger partial charge is 0.301 e. The van der Waals surface area contributed by atoms with Crippen molar-refractivity contribution < 1.29 is 8.42 Å². The van der Waals surface area contributed by atoms with Crippen LogP contribution in [0.15, 0.2) is 24.3 Å². The highest BCUT2D eigenvalue weighted by Gasteiger charge is 2.15. The third-order valence-corrected chi connectivity index (χ3v) is 5.31. The molecule has 106 valence electrons. The van der Waals surface area contributed by atoms with Gasteiger partial charge in [0.2, 0.25) is 10.0 Å². The Bertz CT molecular complexity index is 494. The fraction of sp³-hybridized carbons (Fsp3) is 0.538. The molecule has 4 nitrogen and oxygen atoms in total. The quantitative estimate of drug-likeness (QED) is 0.900. The molecule has 0 saturated carbocycles. The molecule has 0 unspecified atom stereocenters. The van der Waals surface area contributed by atoms with Crippen molar-refractivity contribution in [2.24, 2.45) is 0 Å². The van der Waals surface area contributed by atoms with Gasteiger partial charge >= 0.3 is 0 Å². The maximum atomic E-state index is 12.0. The van der Waals surface area contributed by atoms with Crippen LogP contribution in [-0.2, 0) is 10.0 Å². The maximum Gasteiger partial charge on any atom is 0.233 e. The minimum atomic E-state index is -3.25. The van der Waals surface area contributed by atoms with Gasteiger partial charge in [-0.05, 0) is 19.1 Å². The van der Waals surface area contributed by atoms with Gasteiger partial charge in [0.1, 0.15) is 0 Å². The van der Waals surface area contributed by atoms with E-state index in [0.717, 1.165) is 30.2 Å². The minimum Gasteiger partial charge on any atom is -0.301 e. The zero-order valence-electron chi connectivity index (χ0n) is 11.1. The van der Waals surface area contributed by atoms with Crippen LogP contribution in [0.5, 0.6) is 0 Å². The summed E-state index contributed by atoms with van der Waals surface area (Å²) in [6.45, 7) is 4.57. The summed E-state index contributed by atoms with van der Waals surface area (Å²) in [5, 5.41) is 0. The van der Waals surface area contributed by atoms with Gasteiger partial charge in [-0.15, -0.1) is 0 Å². The van der Waals surface area contributed by atoms with Gasteiger partial charge in [0.15, 0.2) is 0 Å². The van der Waals surface area contributed by atoms with Crippen LogP contribution in [0, 0.1) is 6.92 Å². The van der Waals surface area contributed by atoms with Crippen LogP contribution in [0.2, 0.25) is 0 Å². The molecule has 0 bridgehead atoms. The third-order valence-electron chi connectivity index (χ3n) is 3.10. The Morgan fingerprint density at radius 2 is 1.84 bits per heavy atom. The van der Waals surface area contributed by atoms with Gasteiger partial charge in [-0.1, -0.05) is 17.7 Å². The lowest BCUT2D eigenvalue weighted by Crippen LogP contribution is -2.37. The Hall–Kier alpha value is -0.720. The molecule has 2 rings (SSSR count). The second-order valence-electron chi connectivity index (χ2n) is 4.74. The van der Waals surface area contributed by atoms with E-state index in [1.165, 1.54) is 0 Å². The van der Waals surface area contributed by atoms with Crippen LogP contribution in [0.4, 0.5) is 5.69 Å². The lowest BCUT2D eigenvalue weighted by Gasteiger charge is -2.25. The van der Waals surface area contributed by atoms with Crippen LogP contribution in [0.25, 0.3) is 0 Å². The first-order valence-electron chi connectivity index (χ1n) is 6.42. The number of hydrogen-bond donors (Lipinski definition) is 1. The topological polar surface area (TPSA) is 49.4 Å². The second kappa shape index (κ2) is 6.63. The zero-order valence-corrected chi connectivity index (χ0v) is 12.8. The Balaban J connectivity index is 1.85. The summed E-state index contributed by atoms with van der Waals surface area (Å²) < 4.78 is 26.6. The van der Waals surface area contributed by atoms with Gasteiger partial charge in [-0.2, -0.15) is 11.8 Å². The second-order valence-corrected chi connectivity index (χ2v) is 7.81. The van der Waals surface area contributed by atoms with E-state index in [1.54, 1.807) is 12.1 Å². The average molecular weight is 300 g/mol. The van der Waals surface area contributed by atoms with E-state index >= 15 is 0 Å². The zero-order chi connectivity index (χ0) is 13.7. The highest BCUT2D eigenvalue weighted by molar-refractivity contribution is 7.99. The first kappa shape index (κ1) is 14.7. The van der Waals surface area contributed by atoms with Crippen molar-refractivity contribution in [3.05, 3.63) is 29.8 Å². The molecular weight excluding hydrogens is 280 g/mol. The molecule has 1 fully saturated rings. The van der Waals surface area contributed by atoms with Crippen LogP contribution < -0.4 is 4.72 Å². The number of benzene rings is 1. The molecule has 0 aromatic heterocycles. The lowest BCUT2D eigenvalue weighted by atomic mass is 10.2. The molecule has 19 heavy (non-hydrogen) atoms. The van der Waals surface area contributed by atoms with Crippen molar-refractivity contribution in [3.63, 3.8) is 0 Å². The number of nitrogens with one attached hydrogen (secondary N) is 1. The molecule has 1 aromatic rings. The number of hydrogen-bond acceptors (Lipinski definition) is 4. The van der Waals surface area contributed by atoms with Crippen molar-refractivity contribution in [2.45, 2.75) is 6.92 Å². The van der Waals surface area contributed by atoms with E-state index in [9.17, 15) is 8.42 Å². The molecule has 0 spiro atoms. The van der Waals surface area contributed by atoms with E-state index < -0.39 is 10.0 Å². The average Bonchev–Trinajstić information content (AvgIpc) is 2.40. The van der Waals surface area contributed by atoms with Crippen molar-refractivity contribution in [1.29, 1.82) is 0 Å². The predicted molar refractivity (Wildman–Crippen MR) is 82.4 cm³/mol. The molecule has 1 aromatic carbocycles.